The molecule has 1 N–H and O–H groups in total. The van der Waals surface area contributed by atoms with E-state index in [9.17, 15) is 18.0 Å². The van der Waals surface area contributed by atoms with E-state index in [-0.39, 0.29) is 23.0 Å². The van der Waals surface area contributed by atoms with Crippen molar-refractivity contribution >= 4 is 27.5 Å². The normalized spacial score (nSPS) is 11.9. The molecule has 3 rings (SSSR count). The molecule has 0 bridgehead atoms. The second kappa shape index (κ2) is 13.1. The molecule has 38 heavy (non-hydrogen) atoms. The molecule has 9 heteroatoms. The van der Waals surface area contributed by atoms with Gasteiger partial charge in [-0.3, -0.25) is 13.9 Å². The van der Waals surface area contributed by atoms with Crippen LogP contribution >= 0.6 is 0 Å². The lowest BCUT2D eigenvalue weighted by Gasteiger charge is -2.32. The number of aryl methyl sites for hydroxylation is 1. The fourth-order valence-corrected chi connectivity index (χ4v) is 5.43. The van der Waals surface area contributed by atoms with Gasteiger partial charge < -0.3 is 15.0 Å². The summed E-state index contributed by atoms with van der Waals surface area (Å²) in [6.07, 6.45) is 0.514. The Hall–Kier alpha value is -3.85. The highest BCUT2D eigenvalue weighted by molar-refractivity contribution is 7.92. The highest BCUT2D eigenvalue weighted by atomic mass is 32.2. The third-order valence-corrected chi connectivity index (χ3v) is 8.02. The average Bonchev–Trinajstić information content (AvgIpc) is 2.92. The number of methoxy groups -OCH3 is 1. The highest BCUT2D eigenvalue weighted by Crippen LogP contribution is 2.27. The number of carbonyl (C=O) groups is 2. The highest BCUT2D eigenvalue weighted by Gasteiger charge is 2.32. The lowest BCUT2D eigenvalue weighted by atomic mass is 10.1. The molecular formula is C29H35N3O5S. The van der Waals surface area contributed by atoms with Crippen LogP contribution in [-0.4, -0.2) is 57.9 Å². The maximum atomic E-state index is 13.8. The van der Waals surface area contributed by atoms with E-state index in [2.05, 4.69) is 5.32 Å². The van der Waals surface area contributed by atoms with Crippen LogP contribution < -0.4 is 14.4 Å². The van der Waals surface area contributed by atoms with E-state index in [1.54, 1.807) is 50.2 Å². The number of anilines is 1. The van der Waals surface area contributed by atoms with Crippen LogP contribution in [0.15, 0.2) is 83.8 Å². The van der Waals surface area contributed by atoms with Gasteiger partial charge in [-0.1, -0.05) is 54.1 Å². The largest absolute Gasteiger partial charge is 0.497 e. The Morgan fingerprint density at radius 2 is 1.66 bits per heavy atom. The van der Waals surface area contributed by atoms with Crippen molar-refractivity contribution in [2.24, 2.45) is 0 Å². The average molecular weight is 538 g/mol. The number of ether oxygens (including phenoxy) is 1. The number of carbonyl (C=O) groups excluding carboxylic acids is 2. The van der Waals surface area contributed by atoms with E-state index in [1.807, 2.05) is 37.3 Å². The maximum absolute atomic E-state index is 13.8. The first-order valence-corrected chi connectivity index (χ1v) is 14.0. The van der Waals surface area contributed by atoms with Crippen molar-refractivity contribution in [3.8, 4) is 5.75 Å². The van der Waals surface area contributed by atoms with Gasteiger partial charge in [0.05, 0.1) is 17.7 Å². The van der Waals surface area contributed by atoms with Gasteiger partial charge in [-0.2, -0.15) is 0 Å². The van der Waals surface area contributed by atoms with Crippen molar-refractivity contribution in [1.29, 1.82) is 0 Å². The second-order valence-electron chi connectivity index (χ2n) is 8.92. The fraction of sp³-hybridized carbons (Fsp3) is 0.310. The van der Waals surface area contributed by atoms with Crippen LogP contribution in [0.25, 0.3) is 0 Å². The first kappa shape index (κ1) is 28.7. The van der Waals surface area contributed by atoms with Gasteiger partial charge in [0.25, 0.3) is 10.0 Å². The Labute approximate surface area is 225 Å². The van der Waals surface area contributed by atoms with E-state index in [0.29, 0.717) is 18.7 Å². The Bertz CT molecular complexity index is 1330. The topological polar surface area (TPSA) is 96.0 Å². The SMILES string of the molecule is CCNC(=O)C(C)N(CCc1ccccc1)C(=O)CN(c1cccc(OC)c1)S(=O)(=O)c1ccc(C)cc1. The number of nitrogens with one attached hydrogen (secondary N) is 1. The quantitative estimate of drug-likeness (QED) is 0.379. The number of hydrogen-bond donors (Lipinski definition) is 1. The van der Waals surface area contributed by atoms with E-state index in [0.717, 1.165) is 15.4 Å². The van der Waals surface area contributed by atoms with E-state index < -0.39 is 28.5 Å². The molecular weight excluding hydrogens is 502 g/mol. The van der Waals surface area contributed by atoms with Gasteiger partial charge in [0.2, 0.25) is 11.8 Å². The molecule has 3 aromatic carbocycles. The molecule has 3 aromatic rings. The summed E-state index contributed by atoms with van der Waals surface area (Å²) >= 11 is 0. The predicted molar refractivity (Wildman–Crippen MR) is 149 cm³/mol. The van der Waals surface area contributed by atoms with Gasteiger partial charge in [0, 0.05) is 19.2 Å². The third-order valence-electron chi connectivity index (χ3n) is 6.23. The van der Waals surface area contributed by atoms with Crippen LogP contribution in [0.1, 0.15) is 25.0 Å². The van der Waals surface area contributed by atoms with Gasteiger partial charge in [-0.25, -0.2) is 8.42 Å². The van der Waals surface area contributed by atoms with Crippen LogP contribution in [0.3, 0.4) is 0 Å². The molecule has 0 radical (unpaired) electrons. The first-order valence-electron chi connectivity index (χ1n) is 12.5. The van der Waals surface area contributed by atoms with Crippen molar-refractivity contribution < 1.29 is 22.7 Å². The van der Waals surface area contributed by atoms with Gasteiger partial charge >= 0.3 is 0 Å². The van der Waals surface area contributed by atoms with Crippen molar-refractivity contribution in [2.45, 2.75) is 38.1 Å². The molecule has 1 atom stereocenters. The number of hydrogen-bond acceptors (Lipinski definition) is 5. The van der Waals surface area contributed by atoms with Crippen LogP contribution in [0.4, 0.5) is 5.69 Å². The number of likely N-dealkylation sites (N-methyl/N-ethyl adjacent to an activating group) is 1. The Balaban J connectivity index is 1.99. The molecule has 202 valence electrons. The second-order valence-corrected chi connectivity index (χ2v) is 10.8. The van der Waals surface area contributed by atoms with Crippen molar-refractivity contribution in [3.63, 3.8) is 0 Å². The monoisotopic (exact) mass is 537 g/mol. The zero-order valence-electron chi connectivity index (χ0n) is 22.3. The summed E-state index contributed by atoms with van der Waals surface area (Å²) < 4.78 is 34.0. The summed E-state index contributed by atoms with van der Waals surface area (Å²) in [6, 6.07) is 21.8. The molecule has 1 unspecified atom stereocenters. The van der Waals surface area contributed by atoms with Gasteiger partial charge in [0.1, 0.15) is 18.3 Å². The molecule has 2 amide bonds. The van der Waals surface area contributed by atoms with Crippen LogP contribution in [0.2, 0.25) is 0 Å². The van der Waals surface area contributed by atoms with Gasteiger partial charge in [-0.05, 0) is 57.0 Å². The predicted octanol–water partition coefficient (Wildman–Crippen LogP) is 3.79. The molecule has 0 aliphatic rings. The number of amides is 2. The van der Waals surface area contributed by atoms with Gasteiger partial charge in [-0.15, -0.1) is 0 Å². The Kier molecular flexibility index (Phi) is 9.90. The van der Waals surface area contributed by atoms with Crippen molar-refractivity contribution in [2.75, 3.05) is 31.0 Å². The van der Waals surface area contributed by atoms with Crippen molar-refractivity contribution in [3.05, 3.63) is 90.0 Å². The third kappa shape index (κ3) is 7.13. The van der Waals surface area contributed by atoms with Crippen molar-refractivity contribution in [1.82, 2.24) is 10.2 Å². The van der Waals surface area contributed by atoms with Crippen LogP contribution in [0, 0.1) is 6.92 Å². The number of rotatable bonds is 12. The van der Waals surface area contributed by atoms with Crippen LogP contribution in [0.5, 0.6) is 5.75 Å². The summed E-state index contributed by atoms with van der Waals surface area (Å²) in [6.45, 7) is 5.51. The number of benzene rings is 3. The minimum Gasteiger partial charge on any atom is -0.497 e. The minimum atomic E-state index is -4.12. The fourth-order valence-electron chi connectivity index (χ4n) is 4.02. The molecule has 0 heterocycles. The Morgan fingerprint density at radius 3 is 2.29 bits per heavy atom. The van der Waals surface area contributed by atoms with E-state index in [1.165, 1.54) is 24.1 Å². The molecule has 8 nitrogen and oxygen atoms in total. The summed E-state index contributed by atoms with van der Waals surface area (Å²) in [5.41, 5.74) is 2.20. The summed E-state index contributed by atoms with van der Waals surface area (Å²) in [5, 5.41) is 2.76. The molecule has 0 aliphatic heterocycles. The van der Waals surface area contributed by atoms with E-state index >= 15 is 0 Å². The van der Waals surface area contributed by atoms with E-state index in [4.69, 9.17) is 4.74 Å². The standard InChI is InChI=1S/C29H35N3O5S/c1-5-30-29(34)23(3)31(19-18-24-10-7-6-8-11-24)28(33)21-32(25-12-9-13-26(20-25)37-4)38(35,36)27-16-14-22(2)15-17-27/h6-17,20,23H,5,18-19,21H2,1-4H3,(H,30,34). The Morgan fingerprint density at radius 1 is 0.974 bits per heavy atom. The zero-order chi connectivity index (χ0) is 27.7. The molecule has 0 fully saturated rings. The smallest absolute Gasteiger partial charge is 0.264 e. The molecule has 0 saturated heterocycles. The summed E-state index contributed by atoms with van der Waals surface area (Å²) in [5.74, 6) is -0.336. The van der Waals surface area contributed by atoms with Gasteiger partial charge in [0.15, 0.2) is 0 Å². The van der Waals surface area contributed by atoms with Crippen LogP contribution in [-0.2, 0) is 26.0 Å². The minimum absolute atomic E-state index is 0.0614. The zero-order valence-corrected chi connectivity index (χ0v) is 23.1. The molecule has 0 saturated carbocycles. The number of nitrogens with zero attached hydrogens (tertiary/aromatic N) is 2. The summed E-state index contributed by atoms with van der Waals surface area (Å²) in [7, 11) is -2.63. The lowest BCUT2D eigenvalue weighted by Crippen LogP contribution is -2.52. The first-order chi connectivity index (χ1) is 18.2. The number of sulfonamides is 1. The molecule has 0 aromatic heterocycles. The lowest BCUT2D eigenvalue weighted by molar-refractivity contribution is -0.138. The maximum Gasteiger partial charge on any atom is 0.264 e. The molecule has 0 spiro atoms. The summed E-state index contributed by atoms with van der Waals surface area (Å²) in [4.78, 5) is 28.0. The molecule has 0 aliphatic carbocycles.